The predicted octanol–water partition coefficient (Wildman–Crippen LogP) is 6.55. The fourth-order valence-electron chi connectivity index (χ4n) is 8.15. The van der Waals surface area contributed by atoms with E-state index in [1.165, 1.54) is 57.4 Å². The molecule has 0 aliphatic carbocycles. The van der Waals surface area contributed by atoms with Gasteiger partial charge in [-0.1, -0.05) is 115 Å². The Morgan fingerprint density at radius 1 is 0.479 bits per heavy atom. The second kappa shape index (κ2) is 26.4. The van der Waals surface area contributed by atoms with Crippen LogP contribution >= 0.6 is 0 Å². The first-order valence-corrected chi connectivity index (χ1v) is 23.5. The smallest absolute Gasteiger partial charge is 0.339 e. The van der Waals surface area contributed by atoms with Gasteiger partial charge in [0.15, 0.2) is 43.1 Å². The van der Waals surface area contributed by atoms with Gasteiger partial charge in [-0.3, -0.25) is 9.59 Å². The Balaban J connectivity index is 1.31. The van der Waals surface area contributed by atoms with Gasteiger partial charge in [0, 0.05) is 21.0 Å². The molecule has 73 heavy (non-hydrogen) atoms. The van der Waals surface area contributed by atoms with Crippen LogP contribution in [0.3, 0.4) is 0 Å². The summed E-state index contributed by atoms with van der Waals surface area (Å²) in [5, 5.41) is 0. The monoisotopic (exact) mass is 1000 g/mol. The van der Waals surface area contributed by atoms with Crippen LogP contribution < -0.4 is 0 Å². The summed E-state index contributed by atoms with van der Waals surface area (Å²) in [6, 6.07) is 41.4. The number of carbonyl (C=O) groups is 6. The normalized spacial score (nSPS) is 23.9. The van der Waals surface area contributed by atoms with Crippen molar-refractivity contribution >= 4 is 35.8 Å². The first-order valence-electron chi connectivity index (χ1n) is 23.5. The molecule has 2 fully saturated rings. The second-order valence-corrected chi connectivity index (χ2v) is 16.6. The zero-order valence-electron chi connectivity index (χ0n) is 40.5. The summed E-state index contributed by atoms with van der Waals surface area (Å²) in [6.45, 7) is 2.88. The van der Waals surface area contributed by atoms with Crippen LogP contribution in [0, 0.1) is 0 Å². The molecule has 18 nitrogen and oxygen atoms in total. The van der Waals surface area contributed by atoms with E-state index in [1.54, 1.807) is 91.9 Å². The molecule has 1 unspecified atom stereocenters. The van der Waals surface area contributed by atoms with E-state index in [0.717, 1.165) is 5.56 Å². The summed E-state index contributed by atoms with van der Waals surface area (Å²) in [5.74, 6) is -4.85. The summed E-state index contributed by atoms with van der Waals surface area (Å²) < 4.78 is 73.9. The SMILES string of the molecule is CCOC(=O)[C@H](O[C@H]1C(OC[C@H]2O[C@H](OC)[C@H](OC(=O)c3ccccc3)[C@@H](OC(=O)c3ccccc3)[C@@H]2OC(=O)c2ccccc2)O[C@H](COC(C)=O)[C@@H](OCc2ccccc2)[C@@H]1OC(C)=O)c1ccccc1. The predicted molar refractivity (Wildman–Crippen MR) is 255 cm³/mol. The Bertz CT molecular complexity index is 2570. The molecule has 18 heteroatoms. The van der Waals surface area contributed by atoms with Crippen LogP contribution in [-0.4, -0.2) is 124 Å². The molecule has 2 heterocycles. The van der Waals surface area contributed by atoms with E-state index in [0.29, 0.717) is 5.56 Å². The lowest BCUT2D eigenvalue weighted by Crippen LogP contribution is -2.65. The van der Waals surface area contributed by atoms with Crippen LogP contribution in [0.1, 0.15) is 69.1 Å². The number of rotatable bonds is 21. The van der Waals surface area contributed by atoms with Gasteiger partial charge in [0.2, 0.25) is 0 Å². The van der Waals surface area contributed by atoms with Crippen molar-refractivity contribution in [3.8, 4) is 0 Å². The molecule has 2 aliphatic heterocycles. The molecule has 0 N–H and O–H groups in total. The average Bonchev–Trinajstić information content (AvgIpc) is 3.41. The molecule has 0 bridgehead atoms. The number of hydrogen-bond acceptors (Lipinski definition) is 18. The minimum Gasteiger partial charge on any atom is -0.464 e. The van der Waals surface area contributed by atoms with E-state index in [9.17, 15) is 28.8 Å². The largest absolute Gasteiger partial charge is 0.464 e. The Morgan fingerprint density at radius 2 is 0.945 bits per heavy atom. The molecule has 384 valence electrons. The highest BCUT2D eigenvalue weighted by Crippen LogP contribution is 2.36. The lowest BCUT2D eigenvalue weighted by Gasteiger charge is -2.47. The maximum absolute atomic E-state index is 14.1. The Labute approximate surface area is 421 Å². The quantitative estimate of drug-likeness (QED) is 0.0563. The van der Waals surface area contributed by atoms with Crippen molar-refractivity contribution in [2.75, 3.05) is 26.9 Å². The lowest BCUT2D eigenvalue weighted by atomic mass is 9.96. The van der Waals surface area contributed by atoms with Gasteiger partial charge in [-0.05, 0) is 54.4 Å². The summed E-state index contributed by atoms with van der Waals surface area (Å²) in [6.07, 6.45) is -16.4. The molecule has 0 saturated carbocycles. The van der Waals surface area contributed by atoms with Crippen LogP contribution in [0.25, 0.3) is 0 Å². The number of esters is 6. The van der Waals surface area contributed by atoms with E-state index < -0.39 is 117 Å². The van der Waals surface area contributed by atoms with Crippen LogP contribution in [0.5, 0.6) is 0 Å². The average molecular weight is 1010 g/mol. The molecule has 5 aromatic rings. The standard InChI is InChI=1S/C55H56O18/c1-5-63-53(61)43(37-23-13-7-14-24-37)70-49-46(67-35(3)57)44(65-31-36-21-11-6-12-22-36)41(32-64-34(2)56)69-55(49)66-33-42-45(71-50(58)38-25-15-8-16-26-38)47(72-51(59)39-27-17-9-18-28-39)48(54(62-4)68-42)73-52(60)40-29-19-10-20-30-40/h6-30,41-49,54-55H,5,31-33H2,1-4H3/t41-,42-,43-,44-,45-,46+,47+,48-,49-,54+,55?/m1/s1. The highest BCUT2D eigenvalue weighted by Gasteiger charge is 2.56. The van der Waals surface area contributed by atoms with E-state index in [4.69, 9.17) is 56.8 Å². The first-order chi connectivity index (χ1) is 35.4. The first kappa shape index (κ1) is 53.5. The van der Waals surface area contributed by atoms with Crippen molar-refractivity contribution in [2.45, 2.75) is 94.9 Å². The summed E-state index contributed by atoms with van der Waals surface area (Å²) in [4.78, 5) is 81.3. The minimum absolute atomic E-state index is 0.0201. The Hall–Kier alpha value is -7.32. The van der Waals surface area contributed by atoms with Gasteiger partial charge in [-0.15, -0.1) is 0 Å². The highest BCUT2D eigenvalue weighted by atomic mass is 16.8. The molecule has 2 saturated heterocycles. The van der Waals surface area contributed by atoms with Gasteiger partial charge in [0.1, 0.15) is 31.0 Å². The highest BCUT2D eigenvalue weighted by molar-refractivity contribution is 5.91. The zero-order chi connectivity index (χ0) is 51.7. The van der Waals surface area contributed by atoms with Crippen molar-refractivity contribution in [1.82, 2.24) is 0 Å². The third-order valence-corrected chi connectivity index (χ3v) is 11.5. The van der Waals surface area contributed by atoms with Crippen molar-refractivity contribution in [1.29, 1.82) is 0 Å². The van der Waals surface area contributed by atoms with Gasteiger partial charge in [0.05, 0.1) is 36.5 Å². The molecule has 0 spiro atoms. The minimum atomic E-state index is -1.66. The molecular weight excluding hydrogens is 949 g/mol. The number of hydrogen-bond donors (Lipinski definition) is 0. The van der Waals surface area contributed by atoms with E-state index >= 15 is 0 Å². The zero-order valence-corrected chi connectivity index (χ0v) is 40.5. The third-order valence-electron chi connectivity index (χ3n) is 11.5. The number of ether oxygens (including phenoxy) is 12. The molecule has 0 radical (unpaired) electrons. The van der Waals surface area contributed by atoms with Crippen LogP contribution in [0.4, 0.5) is 0 Å². The molecule has 11 atom stereocenters. The summed E-state index contributed by atoms with van der Waals surface area (Å²) in [7, 11) is 1.27. The maximum atomic E-state index is 14.1. The second-order valence-electron chi connectivity index (χ2n) is 16.6. The summed E-state index contributed by atoms with van der Waals surface area (Å²) in [5.41, 5.74) is 1.45. The van der Waals surface area contributed by atoms with Crippen molar-refractivity contribution in [2.24, 2.45) is 0 Å². The van der Waals surface area contributed by atoms with Crippen molar-refractivity contribution in [3.63, 3.8) is 0 Å². The van der Waals surface area contributed by atoms with Crippen LogP contribution in [0.2, 0.25) is 0 Å². The maximum Gasteiger partial charge on any atom is 0.339 e. The van der Waals surface area contributed by atoms with E-state index in [-0.39, 0.29) is 29.9 Å². The number of benzene rings is 5. The Kier molecular flexibility index (Phi) is 19.3. The van der Waals surface area contributed by atoms with Crippen molar-refractivity contribution < 1.29 is 85.6 Å². The lowest BCUT2D eigenvalue weighted by molar-refractivity contribution is -0.340. The fourth-order valence-corrected chi connectivity index (χ4v) is 8.15. The van der Waals surface area contributed by atoms with E-state index in [2.05, 4.69) is 0 Å². The van der Waals surface area contributed by atoms with Gasteiger partial charge in [-0.25, -0.2) is 19.2 Å². The van der Waals surface area contributed by atoms with Gasteiger partial charge >= 0.3 is 35.8 Å². The van der Waals surface area contributed by atoms with Gasteiger partial charge in [0.25, 0.3) is 0 Å². The molecular formula is C55H56O18. The number of carbonyl (C=O) groups excluding carboxylic acids is 6. The number of methoxy groups -OCH3 is 1. The van der Waals surface area contributed by atoms with Gasteiger partial charge < -0.3 is 56.8 Å². The van der Waals surface area contributed by atoms with Gasteiger partial charge in [-0.2, -0.15) is 0 Å². The molecule has 5 aromatic carbocycles. The molecule has 0 amide bonds. The van der Waals surface area contributed by atoms with E-state index in [1.807, 2.05) is 30.3 Å². The third kappa shape index (κ3) is 14.4. The molecule has 0 aromatic heterocycles. The topological polar surface area (TPSA) is 213 Å². The fraction of sp³-hybridized carbons (Fsp3) is 0.345. The summed E-state index contributed by atoms with van der Waals surface area (Å²) >= 11 is 0. The molecule has 7 rings (SSSR count). The van der Waals surface area contributed by atoms with Crippen molar-refractivity contribution in [3.05, 3.63) is 179 Å². The molecule has 2 aliphatic rings. The Morgan fingerprint density at radius 3 is 1.45 bits per heavy atom. The van der Waals surface area contributed by atoms with Crippen LogP contribution in [-0.2, 0) is 77.8 Å². The van der Waals surface area contributed by atoms with Crippen LogP contribution in [0.15, 0.2) is 152 Å².